The van der Waals surface area contributed by atoms with E-state index in [9.17, 15) is 0 Å². The van der Waals surface area contributed by atoms with E-state index >= 15 is 0 Å². The van der Waals surface area contributed by atoms with Gasteiger partial charge in [-0.15, -0.1) is 0 Å². The lowest BCUT2D eigenvalue weighted by Crippen LogP contribution is -2.54. The molecule has 0 aromatic rings. The number of hydrogen-bond acceptors (Lipinski definition) is 3. The van der Waals surface area contributed by atoms with Crippen LogP contribution in [0.5, 0.6) is 0 Å². The average molecular weight is 256 g/mol. The highest BCUT2D eigenvalue weighted by atomic mass is 16.5. The van der Waals surface area contributed by atoms with Crippen molar-refractivity contribution in [3.8, 4) is 0 Å². The van der Waals surface area contributed by atoms with E-state index in [1.807, 2.05) is 0 Å². The molecule has 1 aliphatic rings. The molecule has 0 aromatic heterocycles. The normalized spacial score (nSPS) is 26.5. The van der Waals surface area contributed by atoms with Crippen LogP contribution in [0.2, 0.25) is 0 Å². The Kier molecular flexibility index (Phi) is 6.09. The molecule has 0 saturated carbocycles. The lowest BCUT2D eigenvalue weighted by molar-refractivity contribution is -0.137. The smallest absolute Gasteiger partial charge is 0.0757 e. The third kappa shape index (κ3) is 5.68. The van der Waals surface area contributed by atoms with Crippen molar-refractivity contribution in [2.45, 2.75) is 78.2 Å². The van der Waals surface area contributed by atoms with Crippen molar-refractivity contribution in [2.75, 3.05) is 19.6 Å². The first-order valence-corrected chi connectivity index (χ1v) is 7.45. The Morgan fingerprint density at radius 2 is 2.00 bits per heavy atom. The summed E-state index contributed by atoms with van der Waals surface area (Å²) < 4.78 is 5.96. The van der Waals surface area contributed by atoms with Crippen LogP contribution in [0, 0.1) is 0 Å². The molecule has 0 spiro atoms. The summed E-state index contributed by atoms with van der Waals surface area (Å²) in [7, 11) is 0. The molecule has 1 heterocycles. The second-order valence-electron chi connectivity index (χ2n) is 6.72. The monoisotopic (exact) mass is 256 g/mol. The van der Waals surface area contributed by atoms with E-state index in [4.69, 9.17) is 4.74 Å². The van der Waals surface area contributed by atoms with Crippen LogP contribution < -0.4 is 5.32 Å². The van der Waals surface area contributed by atoms with Crippen LogP contribution in [0.4, 0.5) is 0 Å². The Labute approximate surface area is 113 Å². The first-order chi connectivity index (χ1) is 8.30. The van der Waals surface area contributed by atoms with Crippen LogP contribution in [-0.4, -0.2) is 48.3 Å². The maximum Gasteiger partial charge on any atom is 0.0757 e. The Morgan fingerprint density at radius 1 is 1.33 bits per heavy atom. The van der Waals surface area contributed by atoms with E-state index in [-0.39, 0.29) is 5.60 Å². The van der Waals surface area contributed by atoms with Crippen molar-refractivity contribution in [3.05, 3.63) is 0 Å². The van der Waals surface area contributed by atoms with Crippen molar-refractivity contribution >= 4 is 0 Å². The Balaban J connectivity index is 2.30. The van der Waals surface area contributed by atoms with Gasteiger partial charge in [-0.25, -0.2) is 0 Å². The van der Waals surface area contributed by atoms with Crippen molar-refractivity contribution in [3.63, 3.8) is 0 Å². The van der Waals surface area contributed by atoms with E-state index in [1.165, 1.54) is 12.8 Å². The van der Waals surface area contributed by atoms with Crippen LogP contribution in [0.1, 0.15) is 54.4 Å². The number of rotatable bonds is 6. The number of hydrogen-bond donors (Lipinski definition) is 1. The van der Waals surface area contributed by atoms with Gasteiger partial charge in [0.1, 0.15) is 0 Å². The van der Waals surface area contributed by atoms with Crippen LogP contribution in [0.25, 0.3) is 0 Å². The molecule has 1 N–H and O–H groups in total. The van der Waals surface area contributed by atoms with Gasteiger partial charge in [0.15, 0.2) is 0 Å². The van der Waals surface area contributed by atoms with E-state index in [0.29, 0.717) is 18.2 Å². The maximum atomic E-state index is 5.96. The molecule has 0 amide bonds. The first-order valence-electron chi connectivity index (χ1n) is 7.45. The fraction of sp³-hybridized carbons (Fsp3) is 1.00. The standard InChI is InChI=1S/C15H32N2O/c1-12(2)16-9-7-8-13(3)17-10-14(4)18-15(5,6)11-17/h12-14,16H,7-11H2,1-6H3. The van der Waals surface area contributed by atoms with E-state index in [2.05, 4.69) is 51.8 Å². The largest absolute Gasteiger partial charge is 0.370 e. The van der Waals surface area contributed by atoms with Crippen LogP contribution in [0.15, 0.2) is 0 Å². The van der Waals surface area contributed by atoms with Gasteiger partial charge >= 0.3 is 0 Å². The number of nitrogens with zero attached hydrogens (tertiary/aromatic N) is 1. The Hall–Kier alpha value is -0.120. The molecule has 18 heavy (non-hydrogen) atoms. The third-order valence-corrected chi connectivity index (χ3v) is 3.57. The molecule has 3 heteroatoms. The maximum absolute atomic E-state index is 5.96. The molecular weight excluding hydrogens is 224 g/mol. The summed E-state index contributed by atoms with van der Waals surface area (Å²) in [4.78, 5) is 2.59. The molecule has 0 radical (unpaired) electrons. The molecular formula is C15H32N2O. The van der Waals surface area contributed by atoms with Gasteiger partial charge in [0.05, 0.1) is 11.7 Å². The molecule has 0 aliphatic carbocycles. The minimum absolute atomic E-state index is 0.00209. The predicted molar refractivity (Wildman–Crippen MR) is 78.0 cm³/mol. The molecule has 108 valence electrons. The molecule has 2 atom stereocenters. The predicted octanol–water partition coefficient (Wildman–Crippen LogP) is 2.65. The van der Waals surface area contributed by atoms with Gasteiger partial charge in [0.25, 0.3) is 0 Å². The van der Waals surface area contributed by atoms with Gasteiger partial charge in [-0.2, -0.15) is 0 Å². The number of nitrogens with one attached hydrogen (secondary N) is 1. The minimum Gasteiger partial charge on any atom is -0.370 e. The van der Waals surface area contributed by atoms with Gasteiger partial charge in [-0.1, -0.05) is 13.8 Å². The SMILES string of the molecule is CC(C)NCCCC(C)N1CC(C)OC(C)(C)C1. The highest BCUT2D eigenvalue weighted by Crippen LogP contribution is 2.23. The molecule has 2 unspecified atom stereocenters. The third-order valence-electron chi connectivity index (χ3n) is 3.57. The Morgan fingerprint density at radius 3 is 2.56 bits per heavy atom. The highest BCUT2D eigenvalue weighted by Gasteiger charge is 2.32. The van der Waals surface area contributed by atoms with E-state index < -0.39 is 0 Å². The molecule has 1 aliphatic heterocycles. The fourth-order valence-electron chi connectivity index (χ4n) is 2.81. The quantitative estimate of drug-likeness (QED) is 0.739. The summed E-state index contributed by atoms with van der Waals surface area (Å²) in [6.07, 6.45) is 2.87. The van der Waals surface area contributed by atoms with Gasteiger partial charge in [-0.05, 0) is 47.1 Å². The van der Waals surface area contributed by atoms with Gasteiger partial charge in [0.2, 0.25) is 0 Å². The van der Waals surface area contributed by atoms with Gasteiger partial charge in [-0.3, -0.25) is 4.90 Å². The topological polar surface area (TPSA) is 24.5 Å². The van der Waals surface area contributed by atoms with Crippen molar-refractivity contribution in [2.24, 2.45) is 0 Å². The number of morpholine rings is 1. The lowest BCUT2D eigenvalue weighted by Gasteiger charge is -2.44. The van der Waals surface area contributed by atoms with E-state index in [1.54, 1.807) is 0 Å². The van der Waals surface area contributed by atoms with Crippen LogP contribution in [-0.2, 0) is 4.74 Å². The van der Waals surface area contributed by atoms with E-state index in [0.717, 1.165) is 19.6 Å². The lowest BCUT2D eigenvalue weighted by atomic mass is 10.0. The van der Waals surface area contributed by atoms with Crippen molar-refractivity contribution in [1.29, 1.82) is 0 Å². The zero-order valence-electron chi connectivity index (χ0n) is 13.1. The molecule has 0 bridgehead atoms. The van der Waals surface area contributed by atoms with Crippen molar-refractivity contribution in [1.82, 2.24) is 10.2 Å². The second-order valence-corrected chi connectivity index (χ2v) is 6.72. The summed E-state index contributed by atoms with van der Waals surface area (Å²) >= 11 is 0. The van der Waals surface area contributed by atoms with Gasteiger partial charge < -0.3 is 10.1 Å². The summed E-state index contributed by atoms with van der Waals surface area (Å²) in [6, 6.07) is 1.26. The second kappa shape index (κ2) is 6.88. The average Bonchev–Trinajstić information content (AvgIpc) is 2.20. The summed E-state index contributed by atoms with van der Waals surface area (Å²) in [5.41, 5.74) is 0.00209. The first kappa shape index (κ1) is 15.9. The van der Waals surface area contributed by atoms with Crippen molar-refractivity contribution < 1.29 is 4.74 Å². The van der Waals surface area contributed by atoms with Crippen LogP contribution >= 0.6 is 0 Å². The Bertz CT molecular complexity index is 241. The molecule has 1 rings (SSSR count). The molecule has 1 saturated heterocycles. The zero-order chi connectivity index (χ0) is 13.8. The summed E-state index contributed by atoms with van der Waals surface area (Å²) in [5, 5.41) is 3.49. The molecule has 0 aromatic carbocycles. The minimum atomic E-state index is 0.00209. The number of ether oxygens (including phenoxy) is 1. The molecule has 1 fully saturated rings. The highest BCUT2D eigenvalue weighted by molar-refractivity contribution is 4.85. The fourth-order valence-corrected chi connectivity index (χ4v) is 2.81. The molecule has 3 nitrogen and oxygen atoms in total. The summed E-state index contributed by atoms with van der Waals surface area (Å²) in [5.74, 6) is 0. The van der Waals surface area contributed by atoms with Crippen LogP contribution in [0.3, 0.4) is 0 Å². The van der Waals surface area contributed by atoms with Gasteiger partial charge in [0, 0.05) is 25.2 Å². The summed E-state index contributed by atoms with van der Waals surface area (Å²) in [6.45, 7) is 16.6. The zero-order valence-corrected chi connectivity index (χ0v) is 13.1.